The summed E-state index contributed by atoms with van der Waals surface area (Å²) in [7, 11) is 3.26. The number of hydrogen-bond donors (Lipinski definition) is 1. The number of rotatable bonds is 9. The molecule has 3 atom stereocenters. The molecule has 2 saturated carbocycles. The van der Waals surface area contributed by atoms with Crippen LogP contribution in [0.15, 0.2) is 73.1 Å². The van der Waals surface area contributed by atoms with E-state index in [1.807, 2.05) is 47.6 Å². The summed E-state index contributed by atoms with van der Waals surface area (Å²) in [6, 6.07) is 20.3. The standard InChI is InChI=1S/C37H38N8O3/c1-47-31-16-26(37(46)43-21-25-12-13-29(43)34(25)38)14-27-35(31)44(19-23-17-39-45(20-23)32-8-5-9-33(41-32)48-2)36(40-27)30-15-24-6-3-4-7-28(24)42(30)18-22-10-11-22/h3-9,14-17,20,22,25,29,34H,10-13,18-19,21,38H2,1-2H3/t25?,29?,34-/m1/s1. The van der Waals surface area contributed by atoms with Crippen molar-refractivity contribution in [3.63, 3.8) is 0 Å². The number of benzene rings is 2. The zero-order chi connectivity index (χ0) is 32.5. The molecule has 1 amide bonds. The van der Waals surface area contributed by atoms with Gasteiger partial charge in [-0.3, -0.25) is 4.79 Å². The Morgan fingerprint density at radius 3 is 2.60 bits per heavy atom. The van der Waals surface area contributed by atoms with Crippen LogP contribution in [0.25, 0.3) is 39.3 Å². The highest BCUT2D eigenvalue weighted by molar-refractivity contribution is 6.00. The summed E-state index contributed by atoms with van der Waals surface area (Å²) < 4.78 is 17.8. The number of imidazole rings is 1. The van der Waals surface area contributed by atoms with Crippen LogP contribution in [0, 0.1) is 11.8 Å². The predicted octanol–water partition coefficient (Wildman–Crippen LogP) is 5.28. The number of aromatic nitrogens is 6. The van der Waals surface area contributed by atoms with Crippen LogP contribution in [0.4, 0.5) is 0 Å². The van der Waals surface area contributed by atoms with Crippen molar-refractivity contribution < 1.29 is 14.3 Å². The van der Waals surface area contributed by atoms with Crippen LogP contribution in [0.5, 0.6) is 11.6 Å². The molecule has 2 aromatic carbocycles. The summed E-state index contributed by atoms with van der Waals surface area (Å²) in [5.41, 5.74) is 11.8. The number of carbonyl (C=O) groups excluding carboxylic acids is 1. The number of methoxy groups -OCH3 is 2. The van der Waals surface area contributed by atoms with E-state index >= 15 is 0 Å². The number of pyridine rings is 1. The minimum atomic E-state index is -0.0103. The molecule has 2 bridgehead atoms. The van der Waals surface area contributed by atoms with E-state index in [4.69, 9.17) is 20.2 Å². The van der Waals surface area contributed by atoms with Gasteiger partial charge < -0.3 is 29.2 Å². The van der Waals surface area contributed by atoms with E-state index in [2.05, 4.69) is 49.5 Å². The molecule has 11 heteroatoms. The Labute approximate surface area is 277 Å². The molecule has 2 aliphatic carbocycles. The number of fused-ring (bicyclic) bond motifs is 4. The van der Waals surface area contributed by atoms with Gasteiger partial charge in [-0.25, -0.2) is 9.67 Å². The highest BCUT2D eigenvalue weighted by atomic mass is 16.5. The van der Waals surface area contributed by atoms with Gasteiger partial charge in [0.2, 0.25) is 5.88 Å². The lowest BCUT2D eigenvalue weighted by Gasteiger charge is -2.27. The van der Waals surface area contributed by atoms with Crippen LogP contribution in [-0.4, -0.2) is 72.5 Å². The maximum absolute atomic E-state index is 14.0. The monoisotopic (exact) mass is 642 g/mol. The molecule has 9 rings (SSSR count). The minimum Gasteiger partial charge on any atom is -0.494 e. The van der Waals surface area contributed by atoms with Crippen molar-refractivity contribution >= 4 is 27.8 Å². The molecule has 244 valence electrons. The number of nitrogens with zero attached hydrogens (tertiary/aromatic N) is 7. The Kier molecular flexibility index (Phi) is 6.79. The zero-order valence-corrected chi connectivity index (χ0v) is 27.1. The fraction of sp³-hybridized carbons (Fsp3) is 0.351. The van der Waals surface area contributed by atoms with Gasteiger partial charge in [0, 0.05) is 59.5 Å². The van der Waals surface area contributed by atoms with E-state index in [1.165, 1.54) is 23.7 Å². The first-order chi connectivity index (χ1) is 23.5. The van der Waals surface area contributed by atoms with Crippen LogP contribution in [-0.2, 0) is 13.1 Å². The number of carbonyl (C=O) groups is 1. The summed E-state index contributed by atoms with van der Waals surface area (Å²) in [5.74, 6) is 3.63. The highest BCUT2D eigenvalue weighted by Gasteiger charge is 2.47. The van der Waals surface area contributed by atoms with Crippen molar-refractivity contribution in [1.29, 1.82) is 0 Å². The third-order valence-electron chi connectivity index (χ3n) is 10.5. The molecule has 11 nitrogen and oxygen atoms in total. The molecule has 3 aliphatic rings. The van der Waals surface area contributed by atoms with Gasteiger partial charge in [0.15, 0.2) is 11.6 Å². The van der Waals surface area contributed by atoms with Crippen LogP contribution in [0.3, 0.4) is 0 Å². The lowest BCUT2D eigenvalue weighted by atomic mass is 10.1. The summed E-state index contributed by atoms with van der Waals surface area (Å²) in [6.45, 7) is 2.12. The highest BCUT2D eigenvalue weighted by Crippen LogP contribution is 2.41. The second-order valence-electron chi connectivity index (χ2n) is 13.5. The van der Waals surface area contributed by atoms with Crippen molar-refractivity contribution in [3.8, 4) is 29.0 Å². The fourth-order valence-corrected chi connectivity index (χ4v) is 7.85. The smallest absolute Gasteiger partial charge is 0.254 e. The Balaban J connectivity index is 1.19. The fourth-order valence-electron chi connectivity index (χ4n) is 7.85. The maximum Gasteiger partial charge on any atom is 0.254 e. The van der Waals surface area contributed by atoms with Crippen LogP contribution < -0.4 is 15.2 Å². The minimum absolute atomic E-state index is 0.0103. The van der Waals surface area contributed by atoms with E-state index < -0.39 is 0 Å². The summed E-state index contributed by atoms with van der Waals surface area (Å²) in [6.07, 6.45) is 8.35. The number of likely N-dealkylation sites (tertiary alicyclic amines) is 1. The number of amides is 1. The Morgan fingerprint density at radius 1 is 0.958 bits per heavy atom. The normalized spacial score (nSPS) is 20.3. The molecule has 1 aliphatic heterocycles. The third kappa shape index (κ3) is 4.75. The van der Waals surface area contributed by atoms with Crippen molar-refractivity contribution in [2.45, 2.75) is 50.9 Å². The van der Waals surface area contributed by atoms with Crippen LogP contribution in [0.2, 0.25) is 0 Å². The lowest BCUT2D eigenvalue weighted by molar-refractivity contribution is 0.0700. The molecule has 6 aromatic rings. The summed E-state index contributed by atoms with van der Waals surface area (Å²) in [4.78, 5) is 25.8. The molecule has 3 fully saturated rings. The molecular weight excluding hydrogens is 604 g/mol. The average molecular weight is 643 g/mol. The van der Waals surface area contributed by atoms with Gasteiger partial charge >= 0.3 is 0 Å². The van der Waals surface area contributed by atoms with Crippen LogP contribution in [0.1, 0.15) is 41.6 Å². The van der Waals surface area contributed by atoms with E-state index in [9.17, 15) is 4.79 Å². The molecule has 48 heavy (non-hydrogen) atoms. The lowest BCUT2D eigenvalue weighted by Crippen LogP contribution is -2.41. The van der Waals surface area contributed by atoms with Gasteiger partial charge in [-0.05, 0) is 67.9 Å². The predicted molar refractivity (Wildman–Crippen MR) is 182 cm³/mol. The number of hydrogen-bond acceptors (Lipinski definition) is 7. The van der Waals surface area contributed by atoms with Gasteiger partial charge in [0.25, 0.3) is 5.91 Å². The number of para-hydroxylation sites is 1. The zero-order valence-electron chi connectivity index (χ0n) is 27.1. The average Bonchev–Trinajstić information content (AvgIpc) is 3.43. The second-order valence-corrected chi connectivity index (χ2v) is 13.5. The molecule has 2 N–H and O–H groups in total. The first-order valence-corrected chi connectivity index (χ1v) is 16.8. The van der Waals surface area contributed by atoms with Gasteiger partial charge in [-0.1, -0.05) is 24.3 Å². The topological polar surface area (TPSA) is 118 Å². The van der Waals surface area contributed by atoms with E-state index in [0.717, 1.165) is 42.0 Å². The van der Waals surface area contributed by atoms with Gasteiger partial charge in [0.1, 0.15) is 11.3 Å². The molecule has 0 radical (unpaired) electrons. The van der Waals surface area contributed by atoms with Crippen molar-refractivity contribution in [3.05, 3.63) is 84.2 Å². The third-order valence-corrected chi connectivity index (χ3v) is 10.5. The second kappa shape index (κ2) is 11.2. The molecular formula is C37H38N8O3. The van der Waals surface area contributed by atoms with Gasteiger partial charge in [-0.15, -0.1) is 0 Å². The van der Waals surface area contributed by atoms with Gasteiger partial charge in [0.05, 0.1) is 38.2 Å². The first kappa shape index (κ1) is 29.0. The van der Waals surface area contributed by atoms with Crippen molar-refractivity contribution in [2.24, 2.45) is 17.6 Å². The molecule has 4 aromatic heterocycles. The SMILES string of the molecule is COc1cccc(-n2cc(Cn3c(-c4cc5ccccc5n4CC4CC4)nc4cc(C(=O)N5CC6CCC5[C@@H]6N)cc(OC)c43)cn2)n1. The Hall–Kier alpha value is -5.16. The van der Waals surface area contributed by atoms with E-state index in [1.54, 1.807) is 18.9 Å². The van der Waals surface area contributed by atoms with Gasteiger partial charge in [-0.2, -0.15) is 10.1 Å². The van der Waals surface area contributed by atoms with Crippen molar-refractivity contribution in [2.75, 3.05) is 20.8 Å². The number of piperidine rings is 1. The number of nitrogens with two attached hydrogens (primary N) is 1. The Morgan fingerprint density at radius 2 is 1.83 bits per heavy atom. The quantitative estimate of drug-likeness (QED) is 0.228. The largest absolute Gasteiger partial charge is 0.494 e. The maximum atomic E-state index is 14.0. The van der Waals surface area contributed by atoms with E-state index in [-0.39, 0.29) is 18.0 Å². The summed E-state index contributed by atoms with van der Waals surface area (Å²) >= 11 is 0. The Bertz CT molecular complexity index is 2190. The summed E-state index contributed by atoms with van der Waals surface area (Å²) in [5, 5.41) is 5.81. The molecule has 0 spiro atoms. The van der Waals surface area contributed by atoms with Crippen molar-refractivity contribution in [1.82, 2.24) is 33.8 Å². The molecule has 2 unspecified atom stereocenters. The molecule has 5 heterocycles. The molecule has 1 saturated heterocycles. The van der Waals surface area contributed by atoms with E-state index in [0.29, 0.717) is 53.5 Å². The number of ether oxygens (including phenoxy) is 2. The first-order valence-electron chi connectivity index (χ1n) is 16.8. The van der Waals surface area contributed by atoms with Crippen LogP contribution >= 0.6 is 0 Å².